The molecule has 0 unspecified atom stereocenters. The topological polar surface area (TPSA) is 123 Å². The Labute approximate surface area is 243 Å². The molecule has 42 heavy (non-hydrogen) atoms. The Morgan fingerprint density at radius 2 is 1.67 bits per heavy atom. The number of nitrogens with one attached hydrogen (secondary N) is 2. The first kappa shape index (κ1) is 29.7. The molecule has 0 heterocycles. The lowest BCUT2D eigenvalue weighted by Crippen LogP contribution is -2.31. The van der Waals surface area contributed by atoms with Gasteiger partial charge in [0.2, 0.25) is 5.91 Å². The van der Waals surface area contributed by atoms with E-state index in [4.69, 9.17) is 15.2 Å². The highest BCUT2D eigenvalue weighted by Gasteiger charge is 2.30. The van der Waals surface area contributed by atoms with Crippen molar-refractivity contribution in [2.75, 3.05) is 16.4 Å². The lowest BCUT2D eigenvalue weighted by atomic mass is 9.99. The Morgan fingerprint density at radius 3 is 2.38 bits per heavy atom. The van der Waals surface area contributed by atoms with Gasteiger partial charge in [0.15, 0.2) is 17.7 Å². The van der Waals surface area contributed by atoms with Crippen LogP contribution in [0.1, 0.15) is 30.1 Å². The first-order valence-electron chi connectivity index (χ1n) is 13.3. The number of para-hydroxylation sites is 3. The molecule has 8 nitrogen and oxygen atoms in total. The molecule has 0 spiro atoms. The maximum absolute atomic E-state index is 14.4. The summed E-state index contributed by atoms with van der Waals surface area (Å²) in [5.41, 5.74) is 8.67. The molecule has 0 aliphatic rings. The van der Waals surface area contributed by atoms with Crippen molar-refractivity contribution in [3.8, 4) is 11.5 Å². The predicted molar refractivity (Wildman–Crippen MR) is 161 cm³/mol. The highest BCUT2D eigenvalue weighted by Crippen LogP contribution is 2.31. The smallest absolute Gasteiger partial charge is 0.412 e. The highest BCUT2D eigenvalue weighted by atomic mass is 19.1. The fraction of sp³-hybridized carbons (Fsp3) is 0.152. The third kappa shape index (κ3) is 8.59. The molecular formula is C33H32FN3O5. The third-order valence-corrected chi connectivity index (χ3v) is 6.31. The normalized spacial score (nSPS) is 12.3. The lowest BCUT2D eigenvalue weighted by molar-refractivity contribution is -0.111. The molecule has 0 fully saturated rings. The number of hydrogen-bond donors (Lipinski definition) is 4. The SMILES string of the molecule is Cc1ccc(NC(=O)O[C@H](c2ccc(O)c(F)c2)[C@@H](CC/C=C/C(=O)Nc2ccccc2N)Oc2ccccc2)cc1. The van der Waals surface area contributed by atoms with Gasteiger partial charge in [0.05, 0.1) is 11.4 Å². The standard InChI is InChI=1S/C33H32FN3O5/c1-22-15-18-24(19-16-22)36-33(40)42-32(23-17-20-29(38)26(34)21-23)30(41-25-9-3-2-4-10-25)13-7-8-14-31(39)37-28-12-6-5-11-27(28)35/h2-6,8-12,14-21,30,32,38H,7,13,35H2,1H3,(H,36,40)(H,37,39)/b14-8+/t30-,32-/m1/s1. The van der Waals surface area contributed by atoms with Crippen LogP contribution in [0.3, 0.4) is 0 Å². The van der Waals surface area contributed by atoms with E-state index in [2.05, 4.69) is 10.6 Å². The van der Waals surface area contributed by atoms with Crippen molar-refractivity contribution >= 4 is 29.1 Å². The van der Waals surface area contributed by atoms with Crippen molar-refractivity contribution < 1.29 is 28.6 Å². The van der Waals surface area contributed by atoms with Crippen LogP contribution in [0.15, 0.2) is 109 Å². The van der Waals surface area contributed by atoms with Crippen LogP contribution < -0.4 is 21.1 Å². The number of rotatable bonds is 11. The van der Waals surface area contributed by atoms with E-state index in [0.717, 1.165) is 11.6 Å². The molecule has 0 aliphatic carbocycles. The summed E-state index contributed by atoms with van der Waals surface area (Å²) in [6.45, 7) is 1.93. The van der Waals surface area contributed by atoms with Crippen LogP contribution >= 0.6 is 0 Å². The molecule has 2 atom stereocenters. The largest absolute Gasteiger partial charge is 0.505 e. The number of anilines is 3. The zero-order valence-corrected chi connectivity index (χ0v) is 23.0. The summed E-state index contributed by atoms with van der Waals surface area (Å²) in [5.74, 6) is -1.25. The van der Waals surface area contributed by atoms with Gasteiger partial charge in [-0.15, -0.1) is 0 Å². The molecule has 0 bridgehead atoms. The van der Waals surface area contributed by atoms with E-state index in [1.54, 1.807) is 66.7 Å². The second-order valence-corrected chi connectivity index (χ2v) is 9.55. The fourth-order valence-electron chi connectivity index (χ4n) is 4.14. The van der Waals surface area contributed by atoms with E-state index in [0.29, 0.717) is 29.2 Å². The second-order valence-electron chi connectivity index (χ2n) is 9.55. The summed E-state index contributed by atoms with van der Waals surface area (Å²) in [4.78, 5) is 25.4. The van der Waals surface area contributed by atoms with Crippen LogP contribution in [-0.4, -0.2) is 23.2 Å². The number of benzene rings is 4. The number of aryl methyl sites for hydroxylation is 1. The van der Waals surface area contributed by atoms with Crippen LogP contribution in [0, 0.1) is 12.7 Å². The van der Waals surface area contributed by atoms with Gasteiger partial charge in [0.25, 0.3) is 0 Å². The van der Waals surface area contributed by atoms with Gasteiger partial charge in [-0.25, -0.2) is 9.18 Å². The Hall–Kier alpha value is -5.31. The molecule has 216 valence electrons. The molecule has 0 aliphatic heterocycles. The highest BCUT2D eigenvalue weighted by molar-refractivity contribution is 6.01. The quantitative estimate of drug-likeness (QED) is 0.113. The predicted octanol–water partition coefficient (Wildman–Crippen LogP) is 7.13. The monoisotopic (exact) mass is 569 g/mol. The number of nitrogen functional groups attached to an aromatic ring is 1. The molecule has 2 amide bonds. The summed E-state index contributed by atoms with van der Waals surface area (Å²) >= 11 is 0. The number of allylic oxidation sites excluding steroid dienone is 1. The van der Waals surface area contributed by atoms with E-state index >= 15 is 0 Å². The van der Waals surface area contributed by atoms with E-state index in [-0.39, 0.29) is 17.9 Å². The van der Waals surface area contributed by atoms with Gasteiger partial charge in [-0.05, 0) is 79.9 Å². The lowest BCUT2D eigenvalue weighted by Gasteiger charge is -2.28. The van der Waals surface area contributed by atoms with Crippen LogP contribution in [-0.2, 0) is 9.53 Å². The molecule has 0 saturated carbocycles. The van der Waals surface area contributed by atoms with Gasteiger partial charge in [0.1, 0.15) is 11.9 Å². The van der Waals surface area contributed by atoms with Gasteiger partial charge in [0, 0.05) is 5.69 Å². The average Bonchev–Trinajstić information content (AvgIpc) is 2.98. The first-order valence-corrected chi connectivity index (χ1v) is 13.3. The zero-order valence-electron chi connectivity index (χ0n) is 23.0. The molecule has 9 heteroatoms. The minimum absolute atomic E-state index is 0.284. The number of nitrogens with two attached hydrogens (primary N) is 1. The summed E-state index contributed by atoms with van der Waals surface area (Å²) in [6.07, 6.45) is 1.05. The average molecular weight is 570 g/mol. The molecule has 4 rings (SSSR count). The molecular weight excluding hydrogens is 537 g/mol. The van der Waals surface area contributed by atoms with E-state index < -0.39 is 29.9 Å². The third-order valence-electron chi connectivity index (χ3n) is 6.31. The van der Waals surface area contributed by atoms with Crippen molar-refractivity contribution in [3.63, 3.8) is 0 Å². The zero-order chi connectivity index (χ0) is 29.9. The Balaban J connectivity index is 1.55. The van der Waals surface area contributed by atoms with Crippen LogP contribution in [0.5, 0.6) is 11.5 Å². The van der Waals surface area contributed by atoms with Crippen molar-refractivity contribution in [2.24, 2.45) is 0 Å². The summed E-state index contributed by atoms with van der Waals surface area (Å²) in [7, 11) is 0. The number of carbonyl (C=O) groups is 2. The minimum atomic E-state index is -1.07. The van der Waals surface area contributed by atoms with Gasteiger partial charge < -0.3 is 25.6 Å². The maximum Gasteiger partial charge on any atom is 0.412 e. The van der Waals surface area contributed by atoms with E-state index in [1.165, 1.54) is 18.2 Å². The van der Waals surface area contributed by atoms with Gasteiger partial charge in [-0.2, -0.15) is 0 Å². The molecule has 5 N–H and O–H groups in total. The first-order chi connectivity index (χ1) is 20.3. The van der Waals surface area contributed by atoms with Crippen LogP contribution in [0.4, 0.5) is 26.2 Å². The van der Waals surface area contributed by atoms with Crippen molar-refractivity contribution in [3.05, 3.63) is 126 Å². The number of halogens is 1. The number of amides is 2. The number of aromatic hydroxyl groups is 1. The second kappa shape index (κ2) is 14.4. The van der Waals surface area contributed by atoms with E-state index in [9.17, 15) is 19.1 Å². The molecule has 0 radical (unpaired) electrons. The van der Waals surface area contributed by atoms with Crippen molar-refractivity contribution in [1.82, 2.24) is 0 Å². The van der Waals surface area contributed by atoms with Crippen LogP contribution in [0.25, 0.3) is 0 Å². The number of carbonyl (C=O) groups excluding carboxylic acids is 2. The number of hydrogen-bond acceptors (Lipinski definition) is 6. The Bertz CT molecular complexity index is 1530. The molecule has 4 aromatic carbocycles. The van der Waals surface area contributed by atoms with Crippen molar-refractivity contribution in [1.29, 1.82) is 0 Å². The summed E-state index contributed by atoms with van der Waals surface area (Å²) in [5, 5.41) is 15.2. The van der Waals surface area contributed by atoms with Crippen molar-refractivity contribution in [2.45, 2.75) is 32.0 Å². The maximum atomic E-state index is 14.4. The molecule has 0 saturated heterocycles. The van der Waals surface area contributed by atoms with Gasteiger partial charge in [-0.1, -0.05) is 60.2 Å². The van der Waals surface area contributed by atoms with Gasteiger partial charge >= 0.3 is 6.09 Å². The number of phenolic OH excluding ortho intramolecular Hbond substituents is 1. The Morgan fingerprint density at radius 1 is 0.952 bits per heavy atom. The van der Waals surface area contributed by atoms with Gasteiger partial charge in [-0.3, -0.25) is 10.1 Å². The molecule has 4 aromatic rings. The van der Waals surface area contributed by atoms with E-state index in [1.807, 2.05) is 25.1 Å². The fourth-order valence-corrected chi connectivity index (χ4v) is 4.14. The minimum Gasteiger partial charge on any atom is -0.505 e. The number of ether oxygens (including phenoxy) is 2. The number of phenols is 1. The van der Waals surface area contributed by atoms with Crippen LogP contribution in [0.2, 0.25) is 0 Å². The Kier molecular flexibility index (Phi) is 10.1. The summed E-state index contributed by atoms with van der Waals surface area (Å²) in [6, 6.07) is 26.8. The summed E-state index contributed by atoms with van der Waals surface area (Å²) < 4.78 is 26.5. The molecule has 0 aromatic heterocycles.